The van der Waals surface area contributed by atoms with Crippen LogP contribution in [0.3, 0.4) is 0 Å². The van der Waals surface area contributed by atoms with Crippen LogP contribution < -0.4 is 0 Å². The summed E-state index contributed by atoms with van der Waals surface area (Å²) in [7, 11) is 0. The Bertz CT molecular complexity index is 305. The van der Waals surface area contributed by atoms with E-state index in [-0.39, 0.29) is 0 Å². The lowest BCUT2D eigenvalue weighted by Crippen LogP contribution is -2.17. The van der Waals surface area contributed by atoms with E-state index in [1.54, 1.807) is 12.1 Å². The first kappa shape index (κ1) is 13.1. The monoisotopic (exact) mass is 220 g/mol. The lowest BCUT2D eigenvalue weighted by atomic mass is 9.79. The second kappa shape index (κ2) is 5.38. The Morgan fingerprint density at radius 2 is 1.69 bits per heavy atom. The number of benzene rings is 1. The fourth-order valence-corrected chi connectivity index (χ4v) is 1.71. The van der Waals surface area contributed by atoms with Crippen LogP contribution in [-0.4, -0.2) is 5.11 Å². The van der Waals surface area contributed by atoms with Crippen molar-refractivity contribution in [1.29, 1.82) is 0 Å². The average Bonchev–Trinajstić information content (AvgIpc) is 2.19. The molecule has 0 aliphatic carbocycles. The minimum absolute atomic E-state index is 0.354. The van der Waals surface area contributed by atoms with E-state index in [1.165, 1.54) is 18.4 Å². The second-order valence-corrected chi connectivity index (χ2v) is 5.83. The third kappa shape index (κ3) is 4.26. The molecule has 0 bridgehead atoms. The third-order valence-electron chi connectivity index (χ3n) is 3.52. The van der Waals surface area contributed by atoms with Gasteiger partial charge in [-0.1, -0.05) is 39.8 Å². The normalized spacial score (nSPS) is 13.8. The van der Waals surface area contributed by atoms with E-state index in [1.807, 2.05) is 12.1 Å². The molecule has 0 saturated heterocycles. The highest BCUT2D eigenvalue weighted by Crippen LogP contribution is 2.29. The molecule has 1 nitrogen and oxygen atoms in total. The van der Waals surface area contributed by atoms with Gasteiger partial charge >= 0.3 is 0 Å². The van der Waals surface area contributed by atoms with Crippen LogP contribution in [-0.2, 0) is 6.42 Å². The minimum atomic E-state index is 0.354. The molecular weight excluding hydrogens is 196 g/mol. The van der Waals surface area contributed by atoms with Crippen LogP contribution >= 0.6 is 0 Å². The van der Waals surface area contributed by atoms with E-state index in [2.05, 4.69) is 27.7 Å². The van der Waals surface area contributed by atoms with Gasteiger partial charge in [-0.15, -0.1) is 0 Å². The summed E-state index contributed by atoms with van der Waals surface area (Å²) in [5.74, 6) is 1.11. The first-order valence-electron chi connectivity index (χ1n) is 6.17. The van der Waals surface area contributed by atoms with Gasteiger partial charge in [-0.25, -0.2) is 0 Å². The molecule has 0 heterocycles. The van der Waals surface area contributed by atoms with Crippen molar-refractivity contribution in [3.63, 3.8) is 0 Å². The highest BCUT2D eigenvalue weighted by Gasteiger charge is 2.18. The van der Waals surface area contributed by atoms with Gasteiger partial charge in [-0.3, -0.25) is 0 Å². The van der Waals surface area contributed by atoms with E-state index in [0.717, 1.165) is 12.3 Å². The zero-order chi connectivity index (χ0) is 12.2. The number of rotatable bonds is 4. The van der Waals surface area contributed by atoms with Gasteiger partial charge in [-0.2, -0.15) is 0 Å². The smallest absolute Gasteiger partial charge is 0.115 e. The van der Waals surface area contributed by atoms with Crippen LogP contribution in [0.5, 0.6) is 5.75 Å². The maximum atomic E-state index is 9.18. The third-order valence-corrected chi connectivity index (χ3v) is 3.52. The number of phenolic OH excluding ortho intramolecular Hbond substituents is 1. The Kier molecular flexibility index (Phi) is 4.40. The molecule has 90 valence electrons. The standard InChI is InChI=1S/C15H24O/c1-12(15(2,3)4)6-5-7-13-8-10-14(16)11-9-13/h8-12,16H,5-7H2,1-4H3. The fraction of sp³-hybridized carbons (Fsp3) is 0.600. The predicted octanol–water partition coefficient (Wildman–Crippen LogP) is 4.40. The molecule has 0 radical (unpaired) electrons. The second-order valence-electron chi connectivity index (χ2n) is 5.83. The largest absolute Gasteiger partial charge is 0.508 e. The van der Waals surface area contributed by atoms with E-state index in [0.29, 0.717) is 11.2 Å². The van der Waals surface area contributed by atoms with Gasteiger partial charge in [0.05, 0.1) is 0 Å². The molecule has 1 atom stereocenters. The maximum Gasteiger partial charge on any atom is 0.115 e. The lowest BCUT2D eigenvalue weighted by molar-refractivity contribution is 0.243. The van der Waals surface area contributed by atoms with Crippen LogP contribution in [0, 0.1) is 11.3 Å². The van der Waals surface area contributed by atoms with Crippen LogP contribution in [0.15, 0.2) is 24.3 Å². The van der Waals surface area contributed by atoms with Crippen LogP contribution in [0.1, 0.15) is 46.1 Å². The number of aromatic hydroxyl groups is 1. The molecule has 0 amide bonds. The van der Waals surface area contributed by atoms with Gasteiger partial charge in [0.1, 0.15) is 5.75 Å². The first-order chi connectivity index (χ1) is 7.39. The van der Waals surface area contributed by atoms with Crippen LogP contribution in [0.4, 0.5) is 0 Å². The molecule has 1 rings (SSSR count). The molecule has 0 aliphatic heterocycles. The van der Waals surface area contributed by atoms with Gasteiger partial charge in [0.15, 0.2) is 0 Å². The van der Waals surface area contributed by atoms with Crippen molar-refractivity contribution in [3.05, 3.63) is 29.8 Å². The van der Waals surface area contributed by atoms with Crippen molar-refractivity contribution in [3.8, 4) is 5.75 Å². The van der Waals surface area contributed by atoms with Crippen molar-refractivity contribution in [2.24, 2.45) is 11.3 Å². The van der Waals surface area contributed by atoms with Crippen LogP contribution in [0.25, 0.3) is 0 Å². The van der Waals surface area contributed by atoms with Crippen molar-refractivity contribution in [2.45, 2.75) is 47.0 Å². The summed E-state index contributed by atoms with van der Waals surface area (Å²) in [5, 5.41) is 9.18. The van der Waals surface area contributed by atoms with E-state index < -0.39 is 0 Å². The summed E-state index contributed by atoms with van der Waals surface area (Å²) in [4.78, 5) is 0. The summed E-state index contributed by atoms with van der Waals surface area (Å²) >= 11 is 0. The summed E-state index contributed by atoms with van der Waals surface area (Å²) in [6.07, 6.45) is 3.61. The van der Waals surface area contributed by atoms with Gasteiger partial charge in [0.2, 0.25) is 0 Å². The van der Waals surface area contributed by atoms with E-state index >= 15 is 0 Å². The number of phenols is 1. The first-order valence-corrected chi connectivity index (χ1v) is 6.17. The summed E-state index contributed by atoms with van der Waals surface area (Å²) in [6.45, 7) is 9.24. The Morgan fingerprint density at radius 3 is 2.19 bits per heavy atom. The highest BCUT2D eigenvalue weighted by atomic mass is 16.3. The van der Waals surface area contributed by atoms with Gasteiger partial charge in [0, 0.05) is 0 Å². The molecule has 1 aromatic carbocycles. The molecule has 1 N–H and O–H groups in total. The average molecular weight is 220 g/mol. The lowest BCUT2D eigenvalue weighted by Gasteiger charge is -2.27. The van der Waals surface area contributed by atoms with Crippen molar-refractivity contribution in [1.82, 2.24) is 0 Å². The molecule has 1 unspecified atom stereocenters. The summed E-state index contributed by atoms with van der Waals surface area (Å²) < 4.78 is 0. The van der Waals surface area contributed by atoms with Crippen molar-refractivity contribution in [2.75, 3.05) is 0 Å². The topological polar surface area (TPSA) is 20.2 Å². The molecule has 1 aromatic rings. The fourth-order valence-electron chi connectivity index (χ4n) is 1.71. The summed E-state index contributed by atoms with van der Waals surface area (Å²) in [5.41, 5.74) is 1.73. The van der Waals surface area contributed by atoms with E-state index in [4.69, 9.17) is 0 Å². The van der Waals surface area contributed by atoms with Gasteiger partial charge in [-0.05, 0) is 48.3 Å². The molecular formula is C15H24O. The minimum Gasteiger partial charge on any atom is -0.508 e. The van der Waals surface area contributed by atoms with Crippen molar-refractivity contribution >= 4 is 0 Å². The van der Waals surface area contributed by atoms with Gasteiger partial charge < -0.3 is 5.11 Å². The molecule has 0 fully saturated rings. The molecule has 0 aliphatic rings. The Morgan fingerprint density at radius 1 is 1.12 bits per heavy atom. The molecule has 0 spiro atoms. The predicted molar refractivity (Wildman–Crippen MR) is 69.7 cm³/mol. The summed E-state index contributed by atoms with van der Waals surface area (Å²) in [6, 6.07) is 7.55. The Hall–Kier alpha value is -0.980. The van der Waals surface area contributed by atoms with E-state index in [9.17, 15) is 5.11 Å². The zero-order valence-electron chi connectivity index (χ0n) is 11.0. The molecule has 16 heavy (non-hydrogen) atoms. The van der Waals surface area contributed by atoms with Crippen molar-refractivity contribution < 1.29 is 5.11 Å². The quantitative estimate of drug-likeness (QED) is 0.797. The molecule has 1 heteroatoms. The molecule has 0 saturated carbocycles. The Labute approximate surface area is 99.5 Å². The number of aryl methyl sites for hydroxylation is 1. The van der Waals surface area contributed by atoms with Crippen LogP contribution in [0.2, 0.25) is 0 Å². The highest BCUT2D eigenvalue weighted by molar-refractivity contribution is 5.25. The number of hydrogen-bond donors (Lipinski definition) is 1. The SMILES string of the molecule is CC(CCCc1ccc(O)cc1)C(C)(C)C. The van der Waals surface area contributed by atoms with Gasteiger partial charge in [0.25, 0.3) is 0 Å². The molecule has 0 aromatic heterocycles. The maximum absolute atomic E-state index is 9.18. The Balaban J connectivity index is 2.33. The zero-order valence-corrected chi connectivity index (χ0v) is 11.0. The number of hydrogen-bond acceptors (Lipinski definition) is 1.